The van der Waals surface area contributed by atoms with E-state index in [1.165, 1.54) is 24.3 Å². The number of amides is 1. The second-order valence-corrected chi connectivity index (χ2v) is 8.00. The zero-order chi connectivity index (χ0) is 24.1. The van der Waals surface area contributed by atoms with E-state index in [0.717, 1.165) is 22.7 Å². The van der Waals surface area contributed by atoms with Gasteiger partial charge in [0.15, 0.2) is 0 Å². The first-order valence-corrected chi connectivity index (χ1v) is 10.9. The molecule has 0 aliphatic rings. The molecule has 0 radical (unpaired) electrons. The highest BCUT2D eigenvalue weighted by Crippen LogP contribution is 2.28. The molecule has 0 aliphatic heterocycles. The fourth-order valence-corrected chi connectivity index (χ4v) is 3.76. The van der Waals surface area contributed by atoms with Crippen LogP contribution in [0.5, 0.6) is 5.75 Å². The van der Waals surface area contributed by atoms with Gasteiger partial charge in [-0.05, 0) is 66.6 Å². The summed E-state index contributed by atoms with van der Waals surface area (Å²) in [5, 5.41) is 7.54. The summed E-state index contributed by atoms with van der Waals surface area (Å²) in [5.74, 6) is -0.103. The Morgan fingerprint density at radius 2 is 1.76 bits per heavy atom. The number of methoxy groups -OCH3 is 1. The van der Waals surface area contributed by atoms with E-state index in [1.54, 1.807) is 30.0 Å². The maximum absolute atomic E-state index is 14.0. The number of carbonyl (C=O) groups is 1. The molecule has 1 N–H and O–H groups in total. The summed E-state index contributed by atoms with van der Waals surface area (Å²) < 4.78 is 34.3. The van der Waals surface area contributed by atoms with Crippen LogP contribution in [0.15, 0.2) is 72.8 Å². The Hall–Kier alpha value is -4.00. The van der Waals surface area contributed by atoms with E-state index >= 15 is 0 Å². The summed E-state index contributed by atoms with van der Waals surface area (Å²) in [5.41, 5.74) is 4.59. The van der Waals surface area contributed by atoms with Gasteiger partial charge in [-0.1, -0.05) is 24.3 Å². The van der Waals surface area contributed by atoms with E-state index < -0.39 is 0 Å². The molecular weight excluding hydrogens is 436 g/mol. The lowest BCUT2D eigenvalue weighted by atomic mass is 10.1. The smallest absolute Gasteiger partial charge is 0.220 e. The maximum atomic E-state index is 14.0. The minimum absolute atomic E-state index is 0.160. The molecule has 4 rings (SSSR count). The van der Waals surface area contributed by atoms with E-state index in [0.29, 0.717) is 23.2 Å². The van der Waals surface area contributed by atoms with E-state index in [2.05, 4.69) is 5.32 Å². The molecule has 0 fully saturated rings. The third-order valence-electron chi connectivity index (χ3n) is 5.50. The first kappa shape index (κ1) is 23.2. The second-order valence-electron chi connectivity index (χ2n) is 8.00. The van der Waals surface area contributed by atoms with E-state index in [-0.39, 0.29) is 30.5 Å². The number of hydrogen-bond acceptors (Lipinski definition) is 3. The molecule has 0 unspecified atom stereocenters. The standard InChI is InChI=1S/C27H25F2N3O2/c1-18-13-24(34-2)10-11-25(18)32-26(20-6-4-8-22(29)15-20)16-23(31-32)9-12-27(33)30-17-19-5-3-7-21(28)14-19/h3-8,10-11,13-16H,9,12,17H2,1-2H3,(H,30,33). The van der Waals surface area contributed by atoms with Gasteiger partial charge in [0, 0.05) is 24.9 Å². The monoisotopic (exact) mass is 461 g/mol. The highest BCUT2D eigenvalue weighted by Gasteiger charge is 2.15. The van der Waals surface area contributed by atoms with Crippen LogP contribution in [-0.4, -0.2) is 22.8 Å². The van der Waals surface area contributed by atoms with Gasteiger partial charge in [0.25, 0.3) is 0 Å². The van der Waals surface area contributed by atoms with Gasteiger partial charge in [-0.25, -0.2) is 13.5 Å². The summed E-state index contributed by atoms with van der Waals surface area (Å²) in [6.45, 7) is 2.21. The topological polar surface area (TPSA) is 56.2 Å². The van der Waals surface area contributed by atoms with Gasteiger partial charge in [-0.15, -0.1) is 0 Å². The number of nitrogens with zero attached hydrogens (tertiary/aromatic N) is 2. The van der Waals surface area contributed by atoms with Crippen molar-refractivity contribution in [2.45, 2.75) is 26.3 Å². The van der Waals surface area contributed by atoms with Crippen LogP contribution in [0, 0.1) is 18.6 Å². The minimum atomic E-state index is -0.338. The molecule has 0 atom stereocenters. The van der Waals surface area contributed by atoms with Gasteiger partial charge in [0.2, 0.25) is 5.91 Å². The van der Waals surface area contributed by atoms with Crippen molar-refractivity contribution in [3.63, 3.8) is 0 Å². The number of carbonyl (C=O) groups excluding carboxylic acids is 1. The molecule has 1 amide bonds. The molecule has 0 spiro atoms. The van der Waals surface area contributed by atoms with Crippen molar-refractivity contribution in [1.29, 1.82) is 0 Å². The van der Waals surface area contributed by atoms with Gasteiger partial charge in [0.1, 0.15) is 17.4 Å². The molecule has 0 saturated heterocycles. The molecule has 0 bridgehead atoms. The number of aryl methyl sites for hydroxylation is 2. The summed E-state index contributed by atoms with van der Waals surface area (Å²) in [4.78, 5) is 12.4. The van der Waals surface area contributed by atoms with Crippen LogP contribution < -0.4 is 10.1 Å². The molecule has 0 saturated carbocycles. The molecule has 174 valence electrons. The predicted molar refractivity (Wildman–Crippen MR) is 127 cm³/mol. The normalized spacial score (nSPS) is 10.8. The van der Waals surface area contributed by atoms with Crippen molar-refractivity contribution in [2.24, 2.45) is 0 Å². The number of hydrogen-bond donors (Lipinski definition) is 1. The third kappa shape index (κ3) is 5.49. The van der Waals surface area contributed by atoms with Gasteiger partial charge < -0.3 is 10.1 Å². The molecule has 7 heteroatoms. The largest absolute Gasteiger partial charge is 0.497 e. The minimum Gasteiger partial charge on any atom is -0.497 e. The Balaban J connectivity index is 1.55. The molecule has 0 aliphatic carbocycles. The van der Waals surface area contributed by atoms with Crippen molar-refractivity contribution in [1.82, 2.24) is 15.1 Å². The number of rotatable bonds is 8. The van der Waals surface area contributed by atoms with Gasteiger partial charge in [0.05, 0.1) is 24.2 Å². The van der Waals surface area contributed by atoms with Crippen LogP contribution in [0.4, 0.5) is 8.78 Å². The van der Waals surface area contributed by atoms with Crippen LogP contribution in [0.3, 0.4) is 0 Å². The van der Waals surface area contributed by atoms with Crippen LogP contribution in [0.2, 0.25) is 0 Å². The van der Waals surface area contributed by atoms with Crippen LogP contribution in [0.1, 0.15) is 23.2 Å². The van der Waals surface area contributed by atoms with Crippen molar-refractivity contribution in [2.75, 3.05) is 7.11 Å². The summed E-state index contributed by atoms with van der Waals surface area (Å²) >= 11 is 0. The average molecular weight is 462 g/mol. The van der Waals surface area contributed by atoms with Crippen molar-refractivity contribution < 1.29 is 18.3 Å². The van der Waals surface area contributed by atoms with Crippen molar-refractivity contribution in [3.05, 3.63) is 101 Å². The number of nitrogens with one attached hydrogen (secondary N) is 1. The molecule has 1 aromatic heterocycles. The quantitative estimate of drug-likeness (QED) is 0.383. The molecule has 5 nitrogen and oxygen atoms in total. The molecule has 4 aromatic rings. The van der Waals surface area contributed by atoms with Crippen LogP contribution >= 0.6 is 0 Å². The van der Waals surface area contributed by atoms with Gasteiger partial charge >= 0.3 is 0 Å². The van der Waals surface area contributed by atoms with Gasteiger partial charge in [-0.2, -0.15) is 5.10 Å². The lowest BCUT2D eigenvalue weighted by Gasteiger charge is -2.12. The van der Waals surface area contributed by atoms with E-state index in [4.69, 9.17) is 9.84 Å². The Labute approximate surface area is 197 Å². The van der Waals surface area contributed by atoms with E-state index in [9.17, 15) is 13.6 Å². The summed E-state index contributed by atoms with van der Waals surface area (Å²) in [6, 6.07) is 20.0. The number of benzene rings is 3. The Bertz CT molecular complexity index is 1320. The summed E-state index contributed by atoms with van der Waals surface area (Å²) in [6.07, 6.45) is 0.621. The lowest BCUT2D eigenvalue weighted by molar-refractivity contribution is -0.121. The predicted octanol–water partition coefficient (Wildman–Crippen LogP) is 5.38. The lowest BCUT2D eigenvalue weighted by Crippen LogP contribution is -2.23. The molecular formula is C27H25F2N3O2. The third-order valence-corrected chi connectivity index (χ3v) is 5.50. The Kier molecular flexibility index (Phi) is 7.01. The molecule has 3 aromatic carbocycles. The molecule has 1 heterocycles. The highest BCUT2D eigenvalue weighted by atomic mass is 19.1. The average Bonchev–Trinajstić information content (AvgIpc) is 3.25. The highest BCUT2D eigenvalue weighted by molar-refractivity contribution is 5.76. The first-order valence-electron chi connectivity index (χ1n) is 10.9. The fourth-order valence-electron chi connectivity index (χ4n) is 3.76. The zero-order valence-corrected chi connectivity index (χ0v) is 19.0. The molecule has 34 heavy (non-hydrogen) atoms. The first-order chi connectivity index (χ1) is 16.4. The Morgan fingerprint density at radius 1 is 1.00 bits per heavy atom. The fraction of sp³-hybridized carbons (Fsp3) is 0.185. The Morgan fingerprint density at radius 3 is 2.47 bits per heavy atom. The number of halogens is 2. The number of aromatic nitrogens is 2. The summed E-state index contributed by atoms with van der Waals surface area (Å²) in [7, 11) is 1.61. The SMILES string of the molecule is COc1ccc(-n2nc(CCC(=O)NCc3cccc(F)c3)cc2-c2cccc(F)c2)c(C)c1. The number of ether oxygens (including phenoxy) is 1. The zero-order valence-electron chi connectivity index (χ0n) is 19.0. The van der Waals surface area contributed by atoms with E-state index in [1.807, 2.05) is 37.3 Å². The van der Waals surface area contributed by atoms with Gasteiger partial charge in [-0.3, -0.25) is 4.79 Å². The van der Waals surface area contributed by atoms with Crippen molar-refractivity contribution in [3.8, 4) is 22.7 Å². The second kappa shape index (κ2) is 10.3. The van der Waals surface area contributed by atoms with Crippen LogP contribution in [0.25, 0.3) is 16.9 Å². The maximum Gasteiger partial charge on any atom is 0.220 e. The van der Waals surface area contributed by atoms with Crippen LogP contribution in [-0.2, 0) is 17.8 Å². The van der Waals surface area contributed by atoms with Crippen molar-refractivity contribution >= 4 is 5.91 Å².